The lowest BCUT2D eigenvalue weighted by molar-refractivity contribution is -0.139. The Hall–Kier alpha value is -0.950. The number of amides is 1. The number of aliphatic carboxylic acids is 1. The Bertz CT molecular complexity index is 420. The molecule has 1 aliphatic rings. The van der Waals surface area contributed by atoms with Crippen molar-refractivity contribution in [3.63, 3.8) is 0 Å². The Kier molecular flexibility index (Phi) is 2.74. The second kappa shape index (κ2) is 3.90. The van der Waals surface area contributed by atoms with Crippen LogP contribution in [0.3, 0.4) is 0 Å². The maximum atomic E-state index is 11.5. The highest BCUT2D eigenvalue weighted by atomic mass is 79.9. The minimum Gasteiger partial charge on any atom is -0.481 e. The summed E-state index contributed by atoms with van der Waals surface area (Å²) in [5.41, 5.74) is 0. The molecule has 2 N–H and O–H groups in total. The minimum absolute atomic E-state index is 0.260. The van der Waals surface area contributed by atoms with Crippen LogP contribution in [0.15, 0.2) is 9.98 Å². The maximum absolute atomic E-state index is 11.5. The first-order valence-corrected chi connectivity index (χ1v) is 5.84. The van der Waals surface area contributed by atoms with Crippen LogP contribution in [0.2, 0.25) is 0 Å². The molecule has 1 amide bonds. The van der Waals surface area contributed by atoms with Gasteiger partial charge in [-0.2, -0.15) is 0 Å². The first-order valence-electron chi connectivity index (χ1n) is 4.23. The molecule has 1 heterocycles. The van der Waals surface area contributed by atoms with Crippen molar-refractivity contribution in [1.29, 1.82) is 0 Å². The maximum Gasteiger partial charge on any atom is 0.307 e. The summed E-state index contributed by atoms with van der Waals surface area (Å²) in [5, 5.41) is 11.7. The van der Waals surface area contributed by atoms with Gasteiger partial charge in [0, 0.05) is 0 Å². The van der Waals surface area contributed by atoms with Gasteiger partial charge in [0.1, 0.15) is 0 Å². The van der Waals surface area contributed by atoms with Gasteiger partial charge in [-0.25, -0.2) is 4.98 Å². The van der Waals surface area contributed by atoms with Gasteiger partial charge in [-0.3, -0.25) is 9.59 Å². The topological polar surface area (TPSA) is 79.3 Å². The number of halogens is 1. The molecule has 7 heteroatoms. The standard InChI is InChI=1S/C8H7BrN2O3S/c9-5-2-10-8(15-5)11-6(12)3-1-4(3)7(13)14/h2-4H,1H2,(H,13,14)(H,10,11,12)/t3-,4+/m0/s1. The van der Waals surface area contributed by atoms with Gasteiger partial charge in [-0.15, -0.1) is 0 Å². The Labute approximate surface area is 97.6 Å². The SMILES string of the molecule is O=C(Nc1ncc(Br)s1)[C@H]1C[C@H]1C(=O)O. The van der Waals surface area contributed by atoms with Crippen molar-refractivity contribution in [1.82, 2.24) is 4.98 Å². The highest BCUT2D eigenvalue weighted by Gasteiger charge is 2.48. The number of carboxylic acids is 1. The van der Waals surface area contributed by atoms with E-state index >= 15 is 0 Å². The first kappa shape index (κ1) is 10.6. The molecule has 0 saturated heterocycles. The van der Waals surface area contributed by atoms with Crippen LogP contribution >= 0.6 is 27.3 Å². The highest BCUT2D eigenvalue weighted by molar-refractivity contribution is 9.11. The molecule has 2 atom stereocenters. The van der Waals surface area contributed by atoms with Gasteiger partial charge < -0.3 is 10.4 Å². The molecule has 0 aromatic carbocycles. The van der Waals surface area contributed by atoms with Crippen molar-refractivity contribution in [3.05, 3.63) is 9.98 Å². The van der Waals surface area contributed by atoms with Crippen LogP contribution in [0.1, 0.15) is 6.42 Å². The van der Waals surface area contributed by atoms with Gasteiger partial charge >= 0.3 is 5.97 Å². The van der Waals surface area contributed by atoms with Gasteiger partial charge in [0.25, 0.3) is 0 Å². The molecule has 1 saturated carbocycles. The van der Waals surface area contributed by atoms with E-state index in [1.807, 2.05) is 0 Å². The molecule has 1 fully saturated rings. The highest BCUT2D eigenvalue weighted by Crippen LogP contribution is 2.39. The number of anilines is 1. The van der Waals surface area contributed by atoms with E-state index in [-0.39, 0.29) is 5.91 Å². The van der Waals surface area contributed by atoms with Gasteiger partial charge in [0.2, 0.25) is 5.91 Å². The number of thiazole rings is 1. The number of nitrogens with zero attached hydrogens (tertiary/aromatic N) is 1. The summed E-state index contributed by atoms with van der Waals surface area (Å²) in [6.07, 6.45) is 2.01. The van der Waals surface area contributed by atoms with Crippen LogP contribution in [0.5, 0.6) is 0 Å². The number of carbonyl (C=O) groups is 2. The van der Waals surface area contributed by atoms with Crippen molar-refractivity contribution in [2.45, 2.75) is 6.42 Å². The molecule has 0 aliphatic heterocycles. The van der Waals surface area contributed by atoms with E-state index in [1.54, 1.807) is 6.20 Å². The minimum atomic E-state index is -0.907. The van der Waals surface area contributed by atoms with Crippen molar-refractivity contribution in [3.8, 4) is 0 Å². The Morgan fingerprint density at radius 1 is 1.60 bits per heavy atom. The predicted octanol–water partition coefficient (Wildman–Crippen LogP) is 1.56. The lowest BCUT2D eigenvalue weighted by Gasteiger charge is -1.98. The van der Waals surface area contributed by atoms with E-state index in [1.165, 1.54) is 11.3 Å². The number of carboxylic acid groups (broad SMARTS) is 1. The Morgan fingerprint density at radius 3 is 2.80 bits per heavy atom. The third kappa shape index (κ3) is 2.35. The molecule has 0 bridgehead atoms. The van der Waals surface area contributed by atoms with Crippen molar-refractivity contribution >= 4 is 44.3 Å². The quantitative estimate of drug-likeness (QED) is 0.886. The number of aromatic nitrogens is 1. The van der Waals surface area contributed by atoms with Crippen molar-refractivity contribution < 1.29 is 14.7 Å². The van der Waals surface area contributed by atoms with Crippen LogP contribution in [-0.4, -0.2) is 22.0 Å². The van der Waals surface area contributed by atoms with E-state index in [2.05, 4.69) is 26.2 Å². The molecule has 0 unspecified atom stereocenters. The number of carbonyl (C=O) groups excluding carboxylic acids is 1. The zero-order valence-corrected chi connectivity index (χ0v) is 9.84. The molecule has 1 aliphatic carbocycles. The molecule has 0 spiro atoms. The zero-order valence-electron chi connectivity index (χ0n) is 7.44. The Morgan fingerprint density at radius 2 is 2.33 bits per heavy atom. The fourth-order valence-electron chi connectivity index (χ4n) is 1.27. The van der Waals surface area contributed by atoms with Gasteiger partial charge in [-0.1, -0.05) is 11.3 Å². The summed E-state index contributed by atoms with van der Waals surface area (Å²) in [4.78, 5) is 25.9. The summed E-state index contributed by atoms with van der Waals surface area (Å²) in [5.74, 6) is -2.08. The zero-order chi connectivity index (χ0) is 11.0. The third-order valence-electron chi connectivity index (χ3n) is 2.15. The van der Waals surface area contributed by atoms with E-state index in [0.717, 1.165) is 3.79 Å². The monoisotopic (exact) mass is 290 g/mol. The molecule has 2 rings (SSSR count). The summed E-state index contributed by atoms with van der Waals surface area (Å²) < 4.78 is 0.823. The third-order valence-corrected chi connectivity index (χ3v) is 3.54. The van der Waals surface area contributed by atoms with Crippen LogP contribution in [0.4, 0.5) is 5.13 Å². The lowest BCUT2D eigenvalue weighted by atomic mass is 10.3. The molecule has 5 nitrogen and oxygen atoms in total. The normalized spacial score (nSPS) is 23.5. The van der Waals surface area contributed by atoms with E-state index < -0.39 is 17.8 Å². The second-order valence-corrected chi connectivity index (χ2v) is 5.66. The van der Waals surface area contributed by atoms with Crippen molar-refractivity contribution in [2.75, 3.05) is 5.32 Å². The second-order valence-electron chi connectivity index (χ2n) is 3.25. The average molecular weight is 291 g/mol. The van der Waals surface area contributed by atoms with Gasteiger partial charge in [-0.05, 0) is 22.4 Å². The van der Waals surface area contributed by atoms with Crippen LogP contribution < -0.4 is 5.32 Å². The fraction of sp³-hybridized carbons (Fsp3) is 0.375. The fourth-order valence-corrected chi connectivity index (χ4v) is 2.38. The number of hydrogen-bond donors (Lipinski definition) is 2. The smallest absolute Gasteiger partial charge is 0.307 e. The summed E-state index contributed by atoms with van der Waals surface area (Å²) in [6, 6.07) is 0. The summed E-state index contributed by atoms with van der Waals surface area (Å²) in [6.45, 7) is 0. The summed E-state index contributed by atoms with van der Waals surface area (Å²) in [7, 11) is 0. The molecular formula is C8H7BrN2O3S. The largest absolute Gasteiger partial charge is 0.481 e. The molecule has 15 heavy (non-hydrogen) atoms. The summed E-state index contributed by atoms with van der Waals surface area (Å²) >= 11 is 4.52. The Balaban J connectivity index is 1.92. The molecule has 80 valence electrons. The number of hydrogen-bond acceptors (Lipinski definition) is 4. The molecule has 1 aromatic rings. The van der Waals surface area contributed by atoms with Crippen molar-refractivity contribution in [2.24, 2.45) is 11.8 Å². The first-order chi connectivity index (χ1) is 7.08. The number of rotatable bonds is 3. The van der Waals surface area contributed by atoms with Crippen LogP contribution in [0.25, 0.3) is 0 Å². The van der Waals surface area contributed by atoms with E-state index in [4.69, 9.17) is 5.11 Å². The predicted molar refractivity (Wildman–Crippen MR) is 57.7 cm³/mol. The molecule has 1 aromatic heterocycles. The van der Waals surface area contributed by atoms with Crippen LogP contribution in [-0.2, 0) is 9.59 Å². The van der Waals surface area contributed by atoms with Crippen LogP contribution in [0, 0.1) is 11.8 Å². The molecular weight excluding hydrogens is 284 g/mol. The van der Waals surface area contributed by atoms with Gasteiger partial charge in [0.05, 0.1) is 21.8 Å². The van der Waals surface area contributed by atoms with E-state index in [9.17, 15) is 9.59 Å². The lowest BCUT2D eigenvalue weighted by Crippen LogP contribution is -2.16. The number of nitrogens with one attached hydrogen (secondary N) is 1. The van der Waals surface area contributed by atoms with E-state index in [0.29, 0.717) is 11.6 Å². The van der Waals surface area contributed by atoms with Gasteiger partial charge in [0.15, 0.2) is 5.13 Å². The average Bonchev–Trinajstić information content (AvgIpc) is 2.86. The molecule has 0 radical (unpaired) electrons.